The van der Waals surface area contributed by atoms with Crippen LogP contribution < -0.4 is 9.64 Å². The summed E-state index contributed by atoms with van der Waals surface area (Å²) in [4.78, 5) is 16.4. The van der Waals surface area contributed by atoms with Gasteiger partial charge in [-0.2, -0.15) is 5.26 Å². The van der Waals surface area contributed by atoms with Gasteiger partial charge in [0.2, 0.25) is 0 Å². The number of hydrogen-bond donors (Lipinski definition) is 0. The van der Waals surface area contributed by atoms with Gasteiger partial charge in [-0.15, -0.1) is 0 Å². The van der Waals surface area contributed by atoms with Crippen LogP contribution in [0.25, 0.3) is 0 Å². The first-order valence-electron chi connectivity index (χ1n) is 8.53. The first-order valence-corrected chi connectivity index (χ1v) is 8.90. The monoisotopic (exact) mass is 369 g/mol. The van der Waals surface area contributed by atoms with Gasteiger partial charge in [-0.1, -0.05) is 29.8 Å². The van der Waals surface area contributed by atoms with Crippen LogP contribution in [0.15, 0.2) is 48.5 Å². The fourth-order valence-electron chi connectivity index (χ4n) is 2.92. The zero-order valence-electron chi connectivity index (χ0n) is 14.4. The Hall–Kier alpha value is -2.71. The fraction of sp³-hybridized carbons (Fsp3) is 0.300. The molecule has 0 unspecified atom stereocenters. The molecule has 0 spiro atoms. The smallest absolute Gasteiger partial charge is 0.260 e. The largest absolute Gasteiger partial charge is 0.484 e. The molecule has 1 heterocycles. The zero-order valence-corrected chi connectivity index (χ0v) is 15.2. The highest BCUT2D eigenvalue weighted by Crippen LogP contribution is 2.21. The van der Waals surface area contributed by atoms with E-state index in [-0.39, 0.29) is 12.5 Å². The first kappa shape index (κ1) is 18.1. The molecule has 2 aromatic rings. The maximum atomic E-state index is 12.4. The highest BCUT2D eigenvalue weighted by molar-refractivity contribution is 6.30. The second-order valence-electron chi connectivity index (χ2n) is 6.12. The van der Waals surface area contributed by atoms with E-state index < -0.39 is 0 Å². The van der Waals surface area contributed by atoms with Crippen LogP contribution in [-0.2, 0) is 11.2 Å². The maximum absolute atomic E-state index is 12.4. The lowest BCUT2D eigenvalue weighted by Crippen LogP contribution is -2.50. The summed E-state index contributed by atoms with van der Waals surface area (Å²) in [5, 5.41) is 9.39. The molecule has 0 atom stereocenters. The van der Waals surface area contributed by atoms with Gasteiger partial charge >= 0.3 is 0 Å². The quantitative estimate of drug-likeness (QED) is 0.812. The van der Waals surface area contributed by atoms with E-state index in [4.69, 9.17) is 21.6 Å². The summed E-state index contributed by atoms with van der Waals surface area (Å²) in [6.45, 7) is 2.89. The standard InChI is InChI=1S/C20H20ClN3O2/c21-17-2-1-3-18(14-17)23-10-12-24(13-11-23)20(25)15-26-19-6-4-16(5-7-19)8-9-22/h1-7,14H,8,10-13,15H2. The Morgan fingerprint density at radius 1 is 1.12 bits per heavy atom. The number of nitrogens with zero attached hydrogens (tertiary/aromatic N) is 3. The SMILES string of the molecule is N#CCc1ccc(OCC(=O)N2CCN(c3cccc(Cl)c3)CC2)cc1. The average molecular weight is 370 g/mol. The zero-order chi connectivity index (χ0) is 18.4. The third-order valence-electron chi connectivity index (χ3n) is 4.37. The first-order chi connectivity index (χ1) is 12.7. The number of piperazine rings is 1. The Morgan fingerprint density at radius 2 is 1.85 bits per heavy atom. The molecule has 6 heteroatoms. The van der Waals surface area contributed by atoms with E-state index in [1.165, 1.54) is 0 Å². The summed E-state index contributed by atoms with van der Waals surface area (Å²) in [6, 6.07) is 17.1. The van der Waals surface area contributed by atoms with E-state index in [2.05, 4.69) is 11.0 Å². The van der Waals surface area contributed by atoms with Crippen LogP contribution >= 0.6 is 11.6 Å². The molecule has 5 nitrogen and oxygen atoms in total. The topological polar surface area (TPSA) is 56.6 Å². The second-order valence-corrected chi connectivity index (χ2v) is 6.55. The van der Waals surface area contributed by atoms with Gasteiger partial charge in [0.1, 0.15) is 5.75 Å². The van der Waals surface area contributed by atoms with Crippen molar-refractivity contribution in [3.8, 4) is 11.8 Å². The lowest BCUT2D eigenvalue weighted by molar-refractivity contribution is -0.133. The predicted octanol–water partition coefficient (Wildman–Crippen LogP) is 3.13. The molecule has 1 saturated heterocycles. The van der Waals surface area contributed by atoms with E-state index in [0.717, 1.165) is 29.4 Å². The van der Waals surface area contributed by atoms with Crippen LogP contribution in [0.1, 0.15) is 5.56 Å². The number of rotatable bonds is 5. The minimum Gasteiger partial charge on any atom is -0.484 e. The van der Waals surface area contributed by atoms with Gasteiger partial charge in [0.25, 0.3) is 5.91 Å². The van der Waals surface area contributed by atoms with E-state index in [9.17, 15) is 4.79 Å². The average Bonchev–Trinajstić information content (AvgIpc) is 2.67. The highest BCUT2D eigenvalue weighted by Gasteiger charge is 2.21. The Morgan fingerprint density at radius 3 is 2.50 bits per heavy atom. The number of hydrogen-bond acceptors (Lipinski definition) is 4. The summed E-state index contributed by atoms with van der Waals surface area (Å²) in [5.74, 6) is 0.620. The minimum absolute atomic E-state index is 0.0168. The van der Waals surface area contributed by atoms with Crippen LogP contribution in [0.5, 0.6) is 5.75 Å². The summed E-state index contributed by atoms with van der Waals surface area (Å²) in [5.41, 5.74) is 2.02. The van der Waals surface area contributed by atoms with Crippen molar-refractivity contribution in [3.63, 3.8) is 0 Å². The van der Waals surface area contributed by atoms with Crippen molar-refractivity contribution in [2.45, 2.75) is 6.42 Å². The van der Waals surface area contributed by atoms with Gasteiger partial charge in [-0.25, -0.2) is 0 Å². The maximum Gasteiger partial charge on any atom is 0.260 e. The fourth-order valence-corrected chi connectivity index (χ4v) is 3.10. The molecule has 3 rings (SSSR count). The summed E-state index contributed by atoms with van der Waals surface area (Å²) < 4.78 is 5.58. The molecule has 0 radical (unpaired) electrons. The van der Waals surface area contributed by atoms with Gasteiger partial charge in [0.05, 0.1) is 12.5 Å². The van der Waals surface area contributed by atoms with Crippen molar-refractivity contribution in [1.82, 2.24) is 4.90 Å². The normalized spacial score (nSPS) is 14.0. The molecule has 26 heavy (non-hydrogen) atoms. The summed E-state index contributed by atoms with van der Waals surface area (Å²) in [7, 11) is 0. The Balaban J connectivity index is 1.47. The Bertz CT molecular complexity index is 793. The lowest BCUT2D eigenvalue weighted by Gasteiger charge is -2.36. The number of amides is 1. The number of halogens is 1. The molecule has 0 aliphatic carbocycles. The van der Waals surface area contributed by atoms with Crippen molar-refractivity contribution in [2.24, 2.45) is 0 Å². The highest BCUT2D eigenvalue weighted by atomic mass is 35.5. The molecule has 1 fully saturated rings. The number of carbonyl (C=O) groups is 1. The molecule has 0 saturated carbocycles. The molecule has 1 amide bonds. The number of ether oxygens (including phenoxy) is 1. The summed E-state index contributed by atoms with van der Waals surface area (Å²) in [6.07, 6.45) is 0.371. The number of carbonyl (C=O) groups excluding carboxylic acids is 1. The van der Waals surface area contributed by atoms with Gasteiger partial charge in [0, 0.05) is 36.9 Å². The molecule has 1 aliphatic heterocycles. The number of anilines is 1. The molecule has 134 valence electrons. The number of benzene rings is 2. The van der Waals surface area contributed by atoms with Crippen LogP contribution in [0.4, 0.5) is 5.69 Å². The molecule has 0 N–H and O–H groups in total. The van der Waals surface area contributed by atoms with E-state index in [0.29, 0.717) is 25.3 Å². The van der Waals surface area contributed by atoms with Crippen LogP contribution in [0.3, 0.4) is 0 Å². The van der Waals surface area contributed by atoms with E-state index in [1.54, 1.807) is 12.1 Å². The van der Waals surface area contributed by atoms with E-state index >= 15 is 0 Å². The lowest BCUT2D eigenvalue weighted by atomic mass is 10.2. The minimum atomic E-state index is -0.0168. The van der Waals surface area contributed by atoms with Crippen molar-refractivity contribution in [2.75, 3.05) is 37.7 Å². The molecule has 2 aromatic carbocycles. The van der Waals surface area contributed by atoms with Crippen molar-refractivity contribution in [1.29, 1.82) is 5.26 Å². The molecule has 0 bridgehead atoms. The van der Waals surface area contributed by atoms with Crippen molar-refractivity contribution >= 4 is 23.2 Å². The van der Waals surface area contributed by atoms with Gasteiger partial charge in [0.15, 0.2) is 6.61 Å². The second kappa shape index (κ2) is 8.59. The van der Waals surface area contributed by atoms with E-state index in [1.807, 2.05) is 41.3 Å². The van der Waals surface area contributed by atoms with Crippen LogP contribution in [0.2, 0.25) is 5.02 Å². The molecular weight excluding hydrogens is 350 g/mol. The van der Waals surface area contributed by atoms with Crippen LogP contribution in [0, 0.1) is 11.3 Å². The Labute approximate surface area is 158 Å². The van der Waals surface area contributed by atoms with Crippen molar-refractivity contribution in [3.05, 3.63) is 59.1 Å². The van der Waals surface area contributed by atoms with Crippen LogP contribution in [-0.4, -0.2) is 43.6 Å². The van der Waals surface area contributed by atoms with Gasteiger partial charge in [-0.3, -0.25) is 4.79 Å². The van der Waals surface area contributed by atoms with Gasteiger partial charge < -0.3 is 14.5 Å². The van der Waals surface area contributed by atoms with Gasteiger partial charge in [-0.05, 0) is 35.9 Å². The third kappa shape index (κ3) is 4.68. The Kier molecular flexibility index (Phi) is 5.98. The number of nitriles is 1. The summed E-state index contributed by atoms with van der Waals surface area (Å²) >= 11 is 6.05. The predicted molar refractivity (Wildman–Crippen MR) is 101 cm³/mol. The molecule has 1 aliphatic rings. The third-order valence-corrected chi connectivity index (χ3v) is 4.61. The molecular formula is C20H20ClN3O2. The van der Waals surface area contributed by atoms with Crippen molar-refractivity contribution < 1.29 is 9.53 Å². The molecule has 0 aromatic heterocycles.